The van der Waals surface area contributed by atoms with Crippen LogP contribution >= 0.6 is 0 Å². The number of para-hydroxylation sites is 2. The highest BCUT2D eigenvalue weighted by atomic mass is 15.0. The third-order valence-electron chi connectivity index (χ3n) is 2.89. The van der Waals surface area contributed by atoms with Crippen LogP contribution in [0.25, 0.3) is 11.0 Å². The zero-order valence-electron chi connectivity index (χ0n) is 9.69. The second kappa shape index (κ2) is 4.67. The molecule has 0 radical (unpaired) electrons. The fourth-order valence-corrected chi connectivity index (χ4v) is 1.80. The summed E-state index contributed by atoms with van der Waals surface area (Å²) in [5, 5.41) is 6.74. The van der Waals surface area contributed by atoms with Crippen molar-refractivity contribution >= 4 is 16.9 Å². The normalized spacial score (nSPS) is 15.1. The van der Waals surface area contributed by atoms with Gasteiger partial charge in [-0.1, -0.05) is 12.1 Å². The number of anilines is 1. The van der Waals surface area contributed by atoms with E-state index in [1.54, 1.807) is 6.20 Å². The van der Waals surface area contributed by atoms with Crippen molar-refractivity contribution in [2.45, 2.75) is 18.9 Å². The Balaban J connectivity index is 1.59. The van der Waals surface area contributed by atoms with Crippen LogP contribution < -0.4 is 10.6 Å². The highest BCUT2D eigenvalue weighted by Crippen LogP contribution is 2.18. The summed E-state index contributed by atoms with van der Waals surface area (Å²) in [5.74, 6) is 0.848. The largest absolute Gasteiger partial charge is 0.367 e. The van der Waals surface area contributed by atoms with Gasteiger partial charge in [-0.05, 0) is 25.0 Å². The predicted molar refractivity (Wildman–Crippen MR) is 69.1 cm³/mol. The molecule has 0 atom stereocenters. The minimum Gasteiger partial charge on any atom is -0.367 e. The third kappa shape index (κ3) is 2.71. The fourth-order valence-electron chi connectivity index (χ4n) is 1.80. The molecule has 1 aliphatic rings. The van der Waals surface area contributed by atoms with Gasteiger partial charge in [0.25, 0.3) is 0 Å². The number of hydrogen-bond acceptors (Lipinski definition) is 4. The number of nitrogens with zero attached hydrogens (tertiary/aromatic N) is 2. The zero-order valence-corrected chi connectivity index (χ0v) is 9.69. The Kier molecular flexibility index (Phi) is 2.88. The number of aromatic nitrogens is 2. The Morgan fingerprint density at radius 2 is 1.94 bits per heavy atom. The van der Waals surface area contributed by atoms with E-state index in [0.717, 1.165) is 36.0 Å². The van der Waals surface area contributed by atoms with E-state index in [2.05, 4.69) is 20.6 Å². The van der Waals surface area contributed by atoms with Gasteiger partial charge in [-0.15, -0.1) is 0 Å². The van der Waals surface area contributed by atoms with Gasteiger partial charge in [0.2, 0.25) is 0 Å². The summed E-state index contributed by atoms with van der Waals surface area (Å²) in [6.45, 7) is 1.88. The molecule has 0 spiro atoms. The Morgan fingerprint density at radius 3 is 2.76 bits per heavy atom. The maximum absolute atomic E-state index is 4.51. The van der Waals surface area contributed by atoms with Crippen LogP contribution in [0.4, 0.5) is 5.82 Å². The highest BCUT2D eigenvalue weighted by molar-refractivity contribution is 5.75. The van der Waals surface area contributed by atoms with E-state index in [0.29, 0.717) is 0 Å². The van der Waals surface area contributed by atoms with Gasteiger partial charge in [-0.3, -0.25) is 4.98 Å². The van der Waals surface area contributed by atoms with Gasteiger partial charge >= 0.3 is 0 Å². The number of nitrogens with one attached hydrogen (secondary N) is 2. The fraction of sp³-hybridized carbons (Fsp3) is 0.385. The lowest BCUT2D eigenvalue weighted by Crippen LogP contribution is -2.24. The first-order valence-electron chi connectivity index (χ1n) is 6.11. The summed E-state index contributed by atoms with van der Waals surface area (Å²) in [5.41, 5.74) is 1.88. The van der Waals surface area contributed by atoms with Crippen LogP contribution in [0.5, 0.6) is 0 Å². The maximum atomic E-state index is 4.51. The second-order valence-electron chi connectivity index (χ2n) is 4.40. The molecule has 0 bridgehead atoms. The quantitative estimate of drug-likeness (QED) is 0.766. The summed E-state index contributed by atoms with van der Waals surface area (Å²) < 4.78 is 0. The summed E-state index contributed by atoms with van der Waals surface area (Å²) in [7, 11) is 0. The van der Waals surface area contributed by atoms with Crippen LogP contribution in [-0.4, -0.2) is 29.1 Å². The van der Waals surface area contributed by atoms with E-state index in [1.165, 1.54) is 12.8 Å². The number of fused-ring (bicyclic) bond motifs is 1. The second-order valence-corrected chi connectivity index (χ2v) is 4.40. The Morgan fingerprint density at radius 1 is 1.12 bits per heavy atom. The van der Waals surface area contributed by atoms with Crippen LogP contribution in [0.1, 0.15) is 12.8 Å². The van der Waals surface area contributed by atoms with E-state index >= 15 is 0 Å². The van der Waals surface area contributed by atoms with Crippen molar-refractivity contribution < 1.29 is 0 Å². The van der Waals surface area contributed by atoms with Crippen molar-refractivity contribution in [3.8, 4) is 0 Å². The van der Waals surface area contributed by atoms with Gasteiger partial charge in [0.15, 0.2) is 0 Å². The molecule has 88 valence electrons. The lowest BCUT2D eigenvalue weighted by Gasteiger charge is -2.06. The molecule has 1 aliphatic carbocycles. The molecule has 1 aromatic carbocycles. The van der Waals surface area contributed by atoms with E-state index in [1.807, 2.05) is 24.3 Å². The molecular formula is C13H16N4. The maximum Gasteiger partial charge on any atom is 0.145 e. The molecular weight excluding hydrogens is 212 g/mol. The molecule has 1 saturated carbocycles. The third-order valence-corrected chi connectivity index (χ3v) is 2.89. The highest BCUT2D eigenvalue weighted by Gasteiger charge is 2.19. The molecule has 4 heteroatoms. The average Bonchev–Trinajstić information content (AvgIpc) is 3.18. The Bertz CT molecular complexity index is 508. The van der Waals surface area contributed by atoms with Crippen molar-refractivity contribution in [2.24, 2.45) is 0 Å². The van der Waals surface area contributed by atoms with Crippen LogP contribution in [0.2, 0.25) is 0 Å². The number of rotatable bonds is 5. The standard InChI is InChI=1S/C13H16N4/c1-2-4-12-11(3-1)16-9-13(17-12)15-8-7-14-10-5-6-10/h1-4,9-10,14H,5-8H2,(H,15,17). The minimum atomic E-state index is 0.763. The smallest absolute Gasteiger partial charge is 0.145 e. The van der Waals surface area contributed by atoms with Crippen molar-refractivity contribution in [1.82, 2.24) is 15.3 Å². The van der Waals surface area contributed by atoms with Gasteiger partial charge < -0.3 is 10.6 Å². The number of hydrogen-bond donors (Lipinski definition) is 2. The van der Waals surface area contributed by atoms with Gasteiger partial charge in [0.05, 0.1) is 17.2 Å². The van der Waals surface area contributed by atoms with Crippen LogP contribution in [-0.2, 0) is 0 Å². The molecule has 17 heavy (non-hydrogen) atoms. The van der Waals surface area contributed by atoms with Crippen molar-refractivity contribution in [2.75, 3.05) is 18.4 Å². The molecule has 1 fully saturated rings. The molecule has 2 aromatic rings. The van der Waals surface area contributed by atoms with E-state index in [-0.39, 0.29) is 0 Å². The van der Waals surface area contributed by atoms with Gasteiger partial charge in [0, 0.05) is 19.1 Å². The lowest BCUT2D eigenvalue weighted by atomic mass is 10.3. The molecule has 4 nitrogen and oxygen atoms in total. The molecule has 1 aromatic heterocycles. The topological polar surface area (TPSA) is 49.8 Å². The van der Waals surface area contributed by atoms with Crippen LogP contribution in [0.3, 0.4) is 0 Å². The summed E-state index contributed by atoms with van der Waals surface area (Å²) in [6.07, 6.45) is 4.45. The van der Waals surface area contributed by atoms with E-state index in [9.17, 15) is 0 Å². The molecule has 0 saturated heterocycles. The van der Waals surface area contributed by atoms with Crippen LogP contribution in [0, 0.1) is 0 Å². The first-order chi connectivity index (χ1) is 8.42. The zero-order chi connectivity index (χ0) is 11.5. The predicted octanol–water partition coefficient (Wildman–Crippen LogP) is 1.79. The summed E-state index contributed by atoms with van der Waals surface area (Å²) >= 11 is 0. The van der Waals surface area contributed by atoms with Gasteiger partial charge in [-0.25, -0.2) is 4.98 Å². The van der Waals surface area contributed by atoms with Gasteiger partial charge in [-0.2, -0.15) is 0 Å². The van der Waals surface area contributed by atoms with Crippen molar-refractivity contribution in [1.29, 1.82) is 0 Å². The minimum absolute atomic E-state index is 0.763. The molecule has 1 heterocycles. The Labute approximate surface area is 100 Å². The lowest BCUT2D eigenvalue weighted by molar-refractivity contribution is 0.700. The van der Waals surface area contributed by atoms with E-state index in [4.69, 9.17) is 0 Å². The average molecular weight is 228 g/mol. The molecule has 0 aliphatic heterocycles. The number of benzene rings is 1. The SMILES string of the molecule is c1ccc2nc(NCCNC3CC3)cnc2c1. The molecule has 2 N–H and O–H groups in total. The monoisotopic (exact) mass is 228 g/mol. The van der Waals surface area contributed by atoms with Crippen LogP contribution in [0.15, 0.2) is 30.5 Å². The first-order valence-corrected chi connectivity index (χ1v) is 6.11. The molecule has 0 unspecified atom stereocenters. The summed E-state index contributed by atoms with van der Waals surface area (Å²) in [4.78, 5) is 8.87. The van der Waals surface area contributed by atoms with Crippen molar-refractivity contribution in [3.63, 3.8) is 0 Å². The van der Waals surface area contributed by atoms with E-state index < -0.39 is 0 Å². The van der Waals surface area contributed by atoms with Crippen molar-refractivity contribution in [3.05, 3.63) is 30.5 Å². The molecule has 0 amide bonds. The summed E-state index contributed by atoms with van der Waals surface area (Å²) in [6, 6.07) is 8.68. The Hall–Kier alpha value is -1.68. The molecule has 3 rings (SSSR count). The van der Waals surface area contributed by atoms with Gasteiger partial charge in [0.1, 0.15) is 5.82 Å². The first kappa shape index (κ1) is 10.5.